The minimum Gasteiger partial charge on any atom is -0.491 e. The Hall–Kier alpha value is -1.69. The summed E-state index contributed by atoms with van der Waals surface area (Å²) in [5.74, 6) is -3.75. The summed E-state index contributed by atoms with van der Waals surface area (Å²) < 4.78 is 43.0. The largest absolute Gasteiger partial charge is 0.491 e. The summed E-state index contributed by atoms with van der Waals surface area (Å²) >= 11 is 0. The lowest BCUT2D eigenvalue weighted by atomic mass is 10.1. The SMILES string of the molecule is CCCC1CCC(C(=O)Oc2ccc(OCC)c(F)c2F)O1. The van der Waals surface area contributed by atoms with Gasteiger partial charge in [-0.1, -0.05) is 13.3 Å². The molecule has 0 radical (unpaired) electrons. The molecule has 0 N–H and O–H groups in total. The maximum absolute atomic E-state index is 13.9. The number of carbonyl (C=O) groups is 1. The quantitative estimate of drug-likeness (QED) is 0.594. The number of carbonyl (C=O) groups excluding carboxylic acids is 1. The Morgan fingerprint density at radius 2 is 1.91 bits per heavy atom. The number of benzene rings is 1. The summed E-state index contributed by atoms with van der Waals surface area (Å²) in [5, 5.41) is 0. The second-order valence-corrected chi connectivity index (χ2v) is 5.16. The fourth-order valence-electron chi connectivity index (χ4n) is 2.45. The van der Waals surface area contributed by atoms with Crippen molar-refractivity contribution in [2.24, 2.45) is 0 Å². The first-order valence-electron chi connectivity index (χ1n) is 7.54. The van der Waals surface area contributed by atoms with Gasteiger partial charge in [0.15, 0.2) is 17.6 Å². The van der Waals surface area contributed by atoms with Crippen LogP contribution in [0.1, 0.15) is 39.5 Å². The van der Waals surface area contributed by atoms with E-state index in [0.29, 0.717) is 6.42 Å². The van der Waals surface area contributed by atoms with Gasteiger partial charge in [0.25, 0.3) is 0 Å². The maximum atomic E-state index is 13.9. The van der Waals surface area contributed by atoms with Crippen LogP contribution in [0, 0.1) is 11.6 Å². The summed E-state index contributed by atoms with van der Waals surface area (Å²) in [7, 11) is 0. The highest BCUT2D eigenvalue weighted by Gasteiger charge is 2.32. The van der Waals surface area contributed by atoms with Gasteiger partial charge in [-0.2, -0.15) is 8.78 Å². The Balaban J connectivity index is 2.02. The van der Waals surface area contributed by atoms with E-state index in [1.807, 2.05) is 6.92 Å². The van der Waals surface area contributed by atoms with Crippen molar-refractivity contribution in [1.82, 2.24) is 0 Å². The normalized spacial score (nSPS) is 20.9. The minimum atomic E-state index is -1.23. The van der Waals surface area contributed by atoms with Crippen molar-refractivity contribution in [1.29, 1.82) is 0 Å². The van der Waals surface area contributed by atoms with Crippen LogP contribution >= 0.6 is 0 Å². The van der Waals surface area contributed by atoms with Gasteiger partial charge in [0.2, 0.25) is 11.6 Å². The van der Waals surface area contributed by atoms with E-state index in [1.54, 1.807) is 6.92 Å². The highest BCUT2D eigenvalue weighted by molar-refractivity contribution is 5.77. The van der Waals surface area contributed by atoms with Crippen LogP contribution in [0.15, 0.2) is 12.1 Å². The van der Waals surface area contributed by atoms with E-state index >= 15 is 0 Å². The molecule has 2 atom stereocenters. The van der Waals surface area contributed by atoms with Crippen LogP contribution in [0.2, 0.25) is 0 Å². The predicted molar refractivity (Wildman–Crippen MR) is 76.0 cm³/mol. The molecule has 1 aliphatic rings. The van der Waals surface area contributed by atoms with Gasteiger partial charge in [0.1, 0.15) is 0 Å². The van der Waals surface area contributed by atoms with Crippen LogP contribution < -0.4 is 9.47 Å². The van der Waals surface area contributed by atoms with E-state index in [2.05, 4.69) is 0 Å². The molecular weight excluding hydrogens is 294 g/mol. The Labute approximate surface area is 128 Å². The van der Waals surface area contributed by atoms with Gasteiger partial charge in [-0.05, 0) is 38.3 Å². The van der Waals surface area contributed by atoms with Crippen molar-refractivity contribution >= 4 is 5.97 Å². The molecule has 2 unspecified atom stereocenters. The van der Waals surface area contributed by atoms with Crippen molar-refractivity contribution < 1.29 is 27.8 Å². The number of hydrogen-bond donors (Lipinski definition) is 0. The molecule has 1 saturated heterocycles. The summed E-state index contributed by atoms with van der Waals surface area (Å²) in [4.78, 5) is 12.0. The highest BCUT2D eigenvalue weighted by atomic mass is 19.2. The Bertz CT molecular complexity index is 533. The maximum Gasteiger partial charge on any atom is 0.340 e. The average molecular weight is 314 g/mol. The minimum absolute atomic E-state index is 0.0319. The number of ether oxygens (including phenoxy) is 3. The average Bonchev–Trinajstić information content (AvgIpc) is 2.96. The molecule has 0 amide bonds. The molecule has 22 heavy (non-hydrogen) atoms. The fourth-order valence-corrected chi connectivity index (χ4v) is 2.45. The zero-order chi connectivity index (χ0) is 16.1. The first-order valence-corrected chi connectivity index (χ1v) is 7.54. The number of hydrogen-bond acceptors (Lipinski definition) is 4. The second kappa shape index (κ2) is 7.54. The third-order valence-electron chi connectivity index (χ3n) is 3.50. The number of rotatable bonds is 6. The van der Waals surface area contributed by atoms with Crippen LogP contribution in [0.3, 0.4) is 0 Å². The van der Waals surface area contributed by atoms with Crippen molar-refractivity contribution in [3.8, 4) is 11.5 Å². The zero-order valence-electron chi connectivity index (χ0n) is 12.7. The zero-order valence-corrected chi connectivity index (χ0v) is 12.7. The topological polar surface area (TPSA) is 44.8 Å². The lowest BCUT2D eigenvalue weighted by Gasteiger charge is -2.13. The van der Waals surface area contributed by atoms with Crippen molar-refractivity contribution in [2.45, 2.75) is 51.7 Å². The van der Waals surface area contributed by atoms with Gasteiger partial charge in [0.05, 0.1) is 12.7 Å². The molecule has 1 fully saturated rings. The van der Waals surface area contributed by atoms with E-state index in [9.17, 15) is 13.6 Å². The Morgan fingerprint density at radius 3 is 2.59 bits per heavy atom. The molecular formula is C16H20F2O4. The lowest BCUT2D eigenvalue weighted by Crippen LogP contribution is -2.26. The third-order valence-corrected chi connectivity index (χ3v) is 3.50. The van der Waals surface area contributed by atoms with Crippen LogP contribution in [-0.4, -0.2) is 24.8 Å². The molecule has 1 aromatic rings. The van der Waals surface area contributed by atoms with E-state index in [4.69, 9.17) is 14.2 Å². The van der Waals surface area contributed by atoms with E-state index in [-0.39, 0.29) is 18.5 Å². The molecule has 2 rings (SSSR count). The van der Waals surface area contributed by atoms with Gasteiger partial charge >= 0.3 is 5.97 Å². The monoisotopic (exact) mass is 314 g/mol. The molecule has 6 heteroatoms. The standard InChI is InChI=1S/C16H20F2O4/c1-3-5-10-6-7-13(21-10)16(19)22-12-9-8-11(20-4-2)14(17)15(12)18/h8-10,13H,3-7H2,1-2H3. The first kappa shape index (κ1) is 16.7. The molecule has 1 heterocycles. The van der Waals surface area contributed by atoms with Crippen LogP contribution in [-0.2, 0) is 9.53 Å². The van der Waals surface area contributed by atoms with Crippen LogP contribution in [0.4, 0.5) is 8.78 Å². The lowest BCUT2D eigenvalue weighted by molar-refractivity contribution is -0.146. The van der Waals surface area contributed by atoms with E-state index in [1.165, 1.54) is 12.1 Å². The summed E-state index contributed by atoms with van der Waals surface area (Å²) in [5.41, 5.74) is 0. The van der Waals surface area contributed by atoms with Crippen molar-refractivity contribution in [2.75, 3.05) is 6.61 Å². The molecule has 0 aromatic heterocycles. The van der Waals surface area contributed by atoms with Crippen molar-refractivity contribution in [3.05, 3.63) is 23.8 Å². The molecule has 1 aromatic carbocycles. The highest BCUT2D eigenvalue weighted by Crippen LogP contribution is 2.29. The first-order chi connectivity index (χ1) is 10.6. The van der Waals surface area contributed by atoms with Gasteiger partial charge in [-0.25, -0.2) is 4.79 Å². The van der Waals surface area contributed by atoms with E-state index < -0.39 is 29.5 Å². The van der Waals surface area contributed by atoms with Gasteiger partial charge < -0.3 is 14.2 Å². The molecule has 0 aliphatic carbocycles. The molecule has 0 bridgehead atoms. The molecule has 1 aliphatic heterocycles. The molecule has 0 spiro atoms. The Morgan fingerprint density at radius 1 is 1.23 bits per heavy atom. The van der Waals surface area contributed by atoms with Crippen molar-refractivity contribution in [3.63, 3.8) is 0 Å². The predicted octanol–water partition coefficient (Wildman–Crippen LogP) is 3.62. The summed E-state index contributed by atoms with van der Waals surface area (Å²) in [6.07, 6.45) is 2.45. The molecule has 4 nitrogen and oxygen atoms in total. The number of esters is 1. The molecule has 122 valence electrons. The fraction of sp³-hybridized carbons (Fsp3) is 0.562. The number of halogens is 2. The smallest absolute Gasteiger partial charge is 0.340 e. The van der Waals surface area contributed by atoms with Gasteiger partial charge in [-0.15, -0.1) is 0 Å². The van der Waals surface area contributed by atoms with Gasteiger partial charge in [0, 0.05) is 0 Å². The Kier molecular flexibility index (Phi) is 5.71. The van der Waals surface area contributed by atoms with E-state index in [0.717, 1.165) is 19.3 Å². The third kappa shape index (κ3) is 3.74. The molecule has 0 saturated carbocycles. The van der Waals surface area contributed by atoms with Crippen LogP contribution in [0.25, 0.3) is 0 Å². The van der Waals surface area contributed by atoms with Gasteiger partial charge in [-0.3, -0.25) is 0 Å². The summed E-state index contributed by atoms with van der Waals surface area (Å²) in [6, 6.07) is 2.42. The summed E-state index contributed by atoms with van der Waals surface area (Å²) in [6.45, 7) is 3.91. The second-order valence-electron chi connectivity index (χ2n) is 5.16. The van der Waals surface area contributed by atoms with Crippen LogP contribution in [0.5, 0.6) is 11.5 Å².